The summed E-state index contributed by atoms with van der Waals surface area (Å²) in [5.74, 6) is 0. The first kappa shape index (κ1) is 19.2. The zero-order valence-electron chi connectivity index (χ0n) is 13.9. The number of rotatable bonds is 3. The predicted octanol–water partition coefficient (Wildman–Crippen LogP) is 1.30. The van der Waals surface area contributed by atoms with Gasteiger partial charge >= 0.3 is 6.09 Å². The van der Waals surface area contributed by atoms with E-state index in [0.29, 0.717) is 0 Å². The second-order valence-corrected chi connectivity index (χ2v) is 7.64. The first-order valence-electron chi connectivity index (χ1n) is 7.61. The van der Waals surface area contributed by atoms with Gasteiger partial charge in [-0.1, -0.05) is 17.8 Å². The van der Waals surface area contributed by atoms with Crippen LogP contribution < -0.4 is 0 Å². The third kappa shape index (κ3) is 4.08. The Bertz CT molecular complexity index is 524. The van der Waals surface area contributed by atoms with Gasteiger partial charge in [-0.2, -0.15) is 0 Å². The molecule has 0 spiro atoms. The summed E-state index contributed by atoms with van der Waals surface area (Å²) in [6.07, 6.45) is -2.83. The van der Waals surface area contributed by atoms with Gasteiger partial charge in [0, 0.05) is 6.54 Å². The van der Waals surface area contributed by atoms with Gasteiger partial charge in [0.05, 0.1) is 0 Å². The van der Waals surface area contributed by atoms with Gasteiger partial charge in [0.1, 0.15) is 42.1 Å². The number of carbonyl (C=O) groups excluding carboxylic acids is 1. The molecule has 7 nitrogen and oxygen atoms in total. The molecule has 0 unspecified atom stereocenters. The van der Waals surface area contributed by atoms with Crippen LogP contribution in [0.3, 0.4) is 0 Å². The third-order valence-corrected chi connectivity index (χ3v) is 4.62. The van der Waals surface area contributed by atoms with E-state index < -0.39 is 48.2 Å². The van der Waals surface area contributed by atoms with Crippen LogP contribution in [0.1, 0.15) is 20.8 Å². The predicted molar refractivity (Wildman–Crippen MR) is 88.6 cm³/mol. The zero-order chi connectivity index (χ0) is 18.1. The lowest BCUT2D eigenvalue weighted by Gasteiger charge is -2.36. The molecule has 2 N–H and O–H groups in total. The van der Waals surface area contributed by atoms with Crippen LogP contribution in [0.25, 0.3) is 0 Å². The fourth-order valence-electron chi connectivity index (χ4n) is 2.35. The average Bonchev–Trinajstić information content (AvgIpc) is 2.90. The minimum Gasteiger partial charge on any atom is -0.443 e. The van der Waals surface area contributed by atoms with Crippen molar-refractivity contribution >= 4 is 23.0 Å². The molecule has 0 aliphatic carbocycles. The van der Waals surface area contributed by atoms with E-state index >= 15 is 0 Å². The Morgan fingerprint density at radius 2 is 2.17 bits per heavy atom. The maximum Gasteiger partial charge on any atom is 0.416 e. The van der Waals surface area contributed by atoms with Gasteiger partial charge in [-0.15, -0.1) is 6.58 Å². The second-order valence-electron chi connectivity index (χ2n) is 6.58. The lowest BCUT2D eigenvalue weighted by atomic mass is 9.99. The summed E-state index contributed by atoms with van der Waals surface area (Å²) in [6, 6.07) is -0.780. The number of ether oxygens (including phenoxy) is 2. The topological polar surface area (TPSA) is 91.6 Å². The quantitative estimate of drug-likeness (QED) is 0.736. The Morgan fingerprint density at radius 3 is 2.71 bits per heavy atom. The highest BCUT2D eigenvalue weighted by Crippen LogP contribution is 2.37. The number of aliphatic hydroxyl groups is 2. The summed E-state index contributed by atoms with van der Waals surface area (Å²) in [6.45, 7) is 8.09. The smallest absolute Gasteiger partial charge is 0.416 e. The molecule has 0 radical (unpaired) electrons. The molecule has 0 aromatic carbocycles. The highest BCUT2D eigenvalue weighted by atomic mass is 32.2. The molecule has 2 rings (SSSR count). The molecule has 1 fully saturated rings. The Morgan fingerprint density at radius 1 is 1.50 bits per heavy atom. The number of halogens is 1. The maximum absolute atomic E-state index is 12.9. The number of nitrogens with zero attached hydrogens (tertiary/aromatic N) is 2. The van der Waals surface area contributed by atoms with Crippen LogP contribution in [0, 0.1) is 0 Å². The number of carbonyl (C=O) groups is 1. The van der Waals surface area contributed by atoms with E-state index in [-0.39, 0.29) is 11.7 Å². The fourth-order valence-corrected chi connectivity index (χ4v) is 3.58. The Kier molecular flexibility index (Phi) is 5.90. The van der Waals surface area contributed by atoms with Gasteiger partial charge in [-0.05, 0) is 20.8 Å². The normalized spacial score (nSPS) is 32.8. The first-order chi connectivity index (χ1) is 11.2. The molecule has 2 aliphatic rings. The van der Waals surface area contributed by atoms with E-state index in [9.17, 15) is 19.4 Å². The molecule has 0 aromatic heterocycles. The van der Waals surface area contributed by atoms with Crippen LogP contribution in [0.15, 0.2) is 17.6 Å². The highest BCUT2D eigenvalue weighted by Gasteiger charge is 2.49. The summed E-state index contributed by atoms with van der Waals surface area (Å²) in [5.41, 5.74) is -1.35. The lowest BCUT2D eigenvalue weighted by molar-refractivity contribution is -0.157. The van der Waals surface area contributed by atoms with E-state index in [1.165, 1.54) is 11.0 Å². The number of aliphatic hydroxyl groups excluding tert-OH is 2. The fraction of sp³-hybridized carbons (Fsp3) is 0.733. The van der Waals surface area contributed by atoms with E-state index in [0.717, 1.165) is 11.8 Å². The molecule has 1 saturated heterocycles. The summed E-state index contributed by atoms with van der Waals surface area (Å²) in [7, 11) is 0. The third-order valence-electron chi connectivity index (χ3n) is 3.46. The molecule has 9 heteroatoms. The summed E-state index contributed by atoms with van der Waals surface area (Å²) >= 11 is 1.09. The molecule has 24 heavy (non-hydrogen) atoms. The van der Waals surface area contributed by atoms with Gasteiger partial charge < -0.3 is 19.7 Å². The maximum atomic E-state index is 12.9. The number of hydrogen-bond donors (Lipinski definition) is 2. The van der Waals surface area contributed by atoms with Crippen LogP contribution in [0.4, 0.5) is 9.18 Å². The van der Waals surface area contributed by atoms with Crippen LogP contribution in [0.5, 0.6) is 0 Å². The van der Waals surface area contributed by atoms with Gasteiger partial charge in [-0.25, -0.2) is 9.18 Å². The molecular weight excluding hydrogens is 339 g/mol. The van der Waals surface area contributed by atoms with Crippen LogP contribution >= 0.6 is 11.8 Å². The van der Waals surface area contributed by atoms with Gasteiger partial charge in [0.15, 0.2) is 5.17 Å². The van der Waals surface area contributed by atoms with Crippen molar-refractivity contribution in [3.8, 4) is 0 Å². The largest absolute Gasteiger partial charge is 0.443 e. The first-order valence-corrected chi connectivity index (χ1v) is 8.49. The summed E-state index contributed by atoms with van der Waals surface area (Å²) < 4.78 is 23.7. The van der Waals surface area contributed by atoms with Crippen molar-refractivity contribution in [1.82, 2.24) is 4.90 Å². The SMILES string of the molecule is C=CCN(C(=O)OC(C)(C)C)C1=N[C@@H]2[C@@H](O)[C@H](O)[C@@H](CF)O[C@@H]2S1. The van der Waals surface area contributed by atoms with E-state index in [2.05, 4.69) is 11.6 Å². The number of amidine groups is 1. The number of fused-ring (bicyclic) bond motifs is 1. The Balaban J connectivity index is 2.18. The molecule has 0 bridgehead atoms. The minimum absolute atomic E-state index is 0.158. The number of alkyl halides is 1. The van der Waals surface area contributed by atoms with Crippen molar-refractivity contribution in [2.75, 3.05) is 13.2 Å². The highest BCUT2D eigenvalue weighted by molar-refractivity contribution is 8.14. The molecule has 1 amide bonds. The van der Waals surface area contributed by atoms with E-state index in [4.69, 9.17) is 9.47 Å². The standard InChI is InChI=1S/C15H23FN2O5S/c1-5-6-18(14(21)23-15(2,3)4)13-17-9-11(20)10(19)8(7-16)22-12(9)24-13/h5,8-12,19-20H,1,6-7H2,2-4H3/t8-,9-,10-,11-,12-/m1/s1. The monoisotopic (exact) mass is 362 g/mol. The van der Waals surface area contributed by atoms with Crippen LogP contribution in [-0.4, -0.2) is 75.0 Å². The van der Waals surface area contributed by atoms with E-state index in [1.807, 2.05) is 0 Å². The minimum atomic E-state index is -1.37. The molecule has 2 heterocycles. The molecule has 2 aliphatic heterocycles. The van der Waals surface area contributed by atoms with Crippen LogP contribution in [0.2, 0.25) is 0 Å². The molecule has 0 aromatic rings. The molecular formula is C15H23FN2O5S. The van der Waals surface area contributed by atoms with Crippen molar-refractivity contribution in [3.63, 3.8) is 0 Å². The van der Waals surface area contributed by atoms with E-state index in [1.54, 1.807) is 20.8 Å². The average molecular weight is 362 g/mol. The zero-order valence-corrected chi connectivity index (χ0v) is 14.7. The number of thioether (sulfide) groups is 1. The van der Waals surface area contributed by atoms with Crippen molar-refractivity contribution in [1.29, 1.82) is 0 Å². The number of amides is 1. The van der Waals surface area contributed by atoms with Crippen molar-refractivity contribution in [2.45, 2.75) is 56.2 Å². The van der Waals surface area contributed by atoms with Gasteiger partial charge in [0.25, 0.3) is 0 Å². The summed E-state index contributed by atoms with van der Waals surface area (Å²) in [4.78, 5) is 17.9. The molecule has 136 valence electrons. The van der Waals surface area contributed by atoms with Gasteiger partial charge in [0.2, 0.25) is 0 Å². The Hall–Kier alpha value is -1.16. The molecule has 0 saturated carbocycles. The van der Waals surface area contributed by atoms with Crippen molar-refractivity contribution in [3.05, 3.63) is 12.7 Å². The number of aliphatic imine (C=N–C) groups is 1. The van der Waals surface area contributed by atoms with Crippen molar-refractivity contribution < 1.29 is 28.9 Å². The van der Waals surface area contributed by atoms with Crippen molar-refractivity contribution in [2.24, 2.45) is 4.99 Å². The summed E-state index contributed by atoms with van der Waals surface area (Å²) in [5, 5.41) is 20.3. The van der Waals surface area contributed by atoms with Crippen LogP contribution in [-0.2, 0) is 9.47 Å². The number of hydrogen-bond acceptors (Lipinski definition) is 7. The lowest BCUT2D eigenvalue weighted by Crippen LogP contribution is -2.55. The Labute approximate surface area is 144 Å². The van der Waals surface area contributed by atoms with Gasteiger partial charge in [-0.3, -0.25) is 9.89 Å². The second kappa shape index (κ2) is 7.38. The molecule has 5 atom stereocenters.